The van der Waals surface area contributed by atoms with Gasteiger partial charge in [0.25, 0.3) is 11.9 Å². The van der Waals surface area contributed by atoms with E-state index in [4.69, 9.17) is 15.9 Å². The van der Waals surface area contributed by atoms with E-state index in [-0.39, 0.29) is 30.9 Å². The van der Waals surface area contributed by atoms with Gasteiger partial charge >= 0.3 is 0 Å². The lowest BCUT2D eigenvalue weighted by molar-refractivity contribution is 0.0945. The van der Waals surface area contributed by atoms with Gasteiger partial charge in [0.05, 0.1) is 6.54 Å². The second kappa shape index (κ2) is 13.7. The first-order chi connectivity index (χ1) is 11.1. The predicted octanol–water partition coefficient (Wildman–Crippen LogP) is 3.65. The van der Waals surface area contributed by atoms with Crippen molar-refractivity contribution in [2.75, 3.05) is 13.2 Å². The molecule has 0 aliphatic heterocycles. The Bertz CT molecular complexity index is 478. The highest BCUT2D eigenvalue weighted by molar-refractivity contribution is 5.94. The van der Waals surface area contributed by atoms with Crippen LogP contribution >= 0.6 is 12.4 Å². The van der Waals surface area contributed by atoms with E-state index in [0.717, 1.165) is 6.42 Å². The lowest BCUT2D eigenvalue weighted by Gasteiger charge is -2.07. The maximum atomic E-state index is 11.9. The van der Waals surface area contributed by atoms with Crippen molar-refractivity contribution in [3.63, 3.8) is 0 Å². The van der Waals surface area contributed by atoms with Gasteiger partial charge < -0.3 is 15.8 Å². The normalized spacial score (nSPS) is 9.88. The van der Waals surface area contributed by atoms with Crippen molar-refractivity contribution in [2.45, 2.75) is 51.9 Å². The molecule has 24 heavy (non-hydrogen) atoms. The predicted molar refractivity (Wildman–Crippen MR) is 101 cm³/mol. The minimum Gasteiger partial charge on any atom is -0.464 e. The standard InChI is InChI=1S/C18H29N3O2.ClH/c1-2-3-4-5-6-7-8-15-9-11-16(12-10-15)17(22)21-13-14-23-18(19)20;/h9-12H,2-8,13-14H2,1H3,(H3,19,20)(H,21,22);1H. The lowest BCUT2D eigenvalue weighted by Crippen LogP contribution is -2.29. The number of halogens is 1. The van der Waals surface area contributed by atoms with Crippen LogP contribution in [0.4, 0.5) is 0 Å². The van der Waals surface area contributed by atoms with E-state index in [1.54, 1.807) is 0 Å². The number of rotatable bonds is 11. The van der Waals surface area contributed by atoms with Crippen LogP contribution in [0.1, 0.15) is 61.4 Å². The summed E-state index contributed by atoms with van der Waals surface area (Å²) in [5.41, 5.74) is 6.97. The molecule has 0 spiro atoms. The molecule has 0 aliphatic rings. The molecule has 6 heteroatoms. The Morgan fingerprint density at radius 2 is 1.75 bits per heavy atom. The largest absolute Gasteiger partial charge is 0.464 e. The average Bonchev–Trinajstić information content (AvgIpc) is 2.55. The third-order valence-corrected chi connectivity index (χ3v) is 3.68. The van der Waals surface area contributed by atoms with Crippen molar-refractivity contribution in [3.8, 4) is 0 Å². The summed E-state index contributed by atoms with van der Waals surface area (Å²) in [6, 6.07) is 7.42. The number of hydrogen-bond acceptors (Lipinski definition) is 3. The van der Waals surface area contributed by atoms with Gasteiger partial charge in [-0.15, -0.1) is 12.4 Å². The number of carbonyl (C=O) groups is 1. The summed E-state index contributed by atoms with van der Waals surface area (Å²) in [5, 5.41) is 9.64. The molecule has 0 radical (unpaired) electrons. The molecule has 1 aromatic carbocycles. The van der Waals surface area contributed by atoms with Crippen LogP contribution in [0, 0.1) is 5.41 Å². The van der Waals surface area contributed by atoms with Gasteiger partial charge in [-0.05, 0) is 30.5 Å². The summed E-state index contributed by atoms with van der Waals surface area (Å²) < 4.78 is 4.77. The summed E-state index contributed by atoms with van der Waals surface area (Å²) >= 11 is 0. The first kappa shape index (κ1) is 22.2. The second-order valence-electron chi connectivity index (χ2n) is 5.68. The van der Waals surface area contributed by atoms with Crippen LogP contribution in [0.2, 0.25) is 0 Å². The van der Waals surface area contributed by atoms with Crippen molar-refractivity contribution in [1.29, 1.82) is 5.41 Å². The monoisotopic (exact) mass is 355 g/mol. The first-order valence-electron chi connectivity index (χ1n) is 8.47. The highest BCUT2D eigenvalue weighted by Gasteiger charge is 2.04. The molecule has 0 heterocycles. The molecule has 0 saturated carbocycles. The Kier molecular flexibility index (Phi) is 12.7. The van der Waals surface area contributed by atoms with Crippen LogP contribution in [0.3, 0.4) is 0 Å². The Morgan fingerprint density at radius 1 is 1.12 bits per heavy atom. The fraction of sp³-hybridized carbons (Fsp3) is 0.556. The fourth-order valence-corrected chi connectivity index (χ4v) is 2.36. The topological polar surface area (TPSA) is 88.2 Å². The van der Waals surface area contributed by atoms with E-state index in [0.29, 0.717) is 12.1 Å². The lowest BCUT2D eigenvalue weighted by atomic mass is 10.0. The highest BCUT2D eigenvalue weighted by Crippen LogP contribution is 2.11. The number of nitrogens with two attached hydrogens (primary N) is 1. The van der Waals surface area contributed by atoms with Gasteiger partial charge in [-0.2, -0.15) is 0 Å². The van der Waals surface area contributed by atoms with Crippen molar-refractivity contribution >= 4 is 24.3 Å². The summed E-state index contributed by atoms with van der Waals surface area (Å²) in [6.45, 7) is 2.77. The van der Waals surface area contributed by atoms with E-state index in [9.17, 15) is 4.79 Å². The maximum absolute atomic E-state index is 11.9. The summed E-state index contributed by atoms with van der Waals surface area (Å²) in [6.07, 6.45) is 8.82. The van der Waals surface area contributed by atoms with Crippen molar-refractivity contribution in [2.24, 2.45) is 5.73 Å². The molecule has 0 aromatic heterocycles. The third-order valence-electron chi connectivity index (χ3n) is 3.68. The van der Waals surface area contributed by atoms with Gasteiger partial charge in [0.2, 0.25) is 0 Å². The Morgan fingerprint density at radius 3 is 2.38 bits per heavy atom. The minimum absolute atomic E-state index is 0. The first-order valence-corrected chi connectivity index (χ1v) is 8.47. The van der Waals surface area contributed by atoms with E-state index in [1.165, 1.54) is 44.1 Å². The Balaban J connectivity index is 0.00000529. The Labute approximate surface area is 151 Å². The number of aryl methyl sites for hydroxylation is 1. The molecule has 5 nitrogen and oxygen atoms in total. The SMILES string of the molecule is CCCCCCCCc1ccc(C(=O)NCCOC(=N)N)cc1.Cl. The summed E-state index contributed by atoms with van der Waals surface area (Å²) in [7, 11) is 0. The molecular formula is C18H30ClN3O2. The number of carbonyl (C=O) groups excluding carboxylic acids is 1. The van der Waals surface area contributed by atoms with Gasteiger partial charge in [0.1, 0.15) is 6.61 Å². The van der Waals surface area contributed by atoms with Gasteiger partial charge in [0.15, 0.2) is 0 Å². The molecule has 0 atom stereocenters. The van der Waals surface area contributed by atoms with Crippen LogP contribution in [0.25, 0.3) is 0 Å². The van der Waals surface area contributed by atoms with Gasteiger partial charge in [-0.25, -0.2) is 0 Å². The second-order valence-corrected chi connectivity index (χ2v) is 5.68. The number of unbranched alkanes of at least 4 members (excludes halogenated alkanes) is 5. The van der Waals surface area contributed by atoms with Crippen molar-refractivity contribution in [3.05, 3.63) is 35.4 Å². The number of hydrogen-bond donors (Lipinski definition) is 3. The summed E-state index contributed by atoms with van der Waals surface area (Å²) in [5.74, 6) is -0.136. The smallest absolute Gasteiger partial charge is 0.279 e. The molecule has 1 amide bonds. The van der Waals surface area contributed by atoms with Crippen LogP contribution in [0.5, 0.6) is 0 Å². The zero-order valence-corrected chi connectivity index (χ0v) is 15.3. The van der Waals surface area contributed by atoms with Gasteiger partial charge in [-0.3, -0.25) is 10.2 Å². The number of ether oxygens (including phenoxy) is 1. The Hall–Kier alpha value is -1.75. The molecule has 0 bridgehead atoms. The molecule has 4 N–H and O–H groups in total. The van der Waals surface area contributed by atoms with E-state index >= 15 is 0 Å². The zero-order chi connectivity index (χ0) is 16.9. The highest BCUT2D eigenvalue weighted by atomic mass is 35.5. The van der Waals surface area contributed by atoms with Crippen LogP contribution in [-0.2, 0) is 11.2 Å². The number of benzene rings is 1. The molecule has 0 aliphatic carbocycles. The maximum Gasteiger partial charge on any atom is 0.279 e. The molecule has 1 aromatic rings. The molecule has 0 fully saturated rings. The number of nitrogens with one attached hydrogen (secondary N) is 2. The van der Waals surface area contributed by atoms with E-state index in [2.05, 4.69) is 12.2 Å². The molecule has 1 rings (SSSR count). The van der Waals surface area contributed by atoms with E-state index < -0.39 is 0 Å². The number of amides is 1. The zero-order valence-electron chi connectivity index (χ0n) is 14.5. The van der Waals surface area contributed by atoms with Crippen LogP contribution in [0.15, 0.2) is 24.3 Å². The molecule has 0 unspecified atom stereocenters. The van der Waals surface area contributed by atoms with Crippen molar-refractivity contribution < 1.29 is 9.53 Å². The summed E-state index contributed by atoms with van der Waals surface area (Å²) in [4.78, 5) is 11.9. The van der Waals surface area contributed by atoms with Gasteiger partial charge in [0, 0.05) is 5.56 Å². The fourth-order valence-electron chi connectivity index (χ4n) is 2.36. The van der Waals surface area contributed by atoms with Crippen LogP contribution in [-0.4, -0.2) is 25.1 Å². The number of amidine groups is 1. The van der Waals surface area contributed by atoms with Crippen molar-refractivity contribution in [1.82, 2.24) is 5.32 Å². The minimum atomic E-state index is -0.335. The van der Waals surface area contributed by atoms with Crippen LogP contribution < -0.4 is 11.1 Å². The quantitative estimate of drug-likeness (QED) is 0.321. The molecule has 136 valence electrons. The average molecular weight is 356 g/mol. The molecular weight excluding hydrogens is 326 g/mol. The van der Waals surface area contributed by atoms with Gasteiger partial charge in [-0.1, -0.05) is 51.2 Å². The molecule has 0 saturated heterocycles. The van der Waals surface area contributed by atoms with E-state index in [1.807, 2.05) is 24.3 Å². The third kappa shape index (κ3) is 10.1.